The molecular formula is C21H29IN6. The molecular weight excluding hydrogens is 463 g/mol. The smallest absolute Gasteiger partial charge is 0.193 e. The van der Waals surface area contributed by atoms with Gasteiger partial charge in [-0.1, -0.05) is 24.3 Å². The lowest BCUT2D eigenvalue weighted by molar-refractivity contribution is 0.486. The van der Waals surface area contributed by atoms with Gasteiger partial charge in [-0.3, -0.25) is 9.67 Å². The maximum Gasteiger partial charge on any atom is 0.193 e. The van der Waals surface area contributed by atoms with Crippen molar-refractivity contribution in [2.24, 2.45) is 12.0 Å². The number of halogens is 1. The van der Waals surface area contributed by atoms with E-state index in [2.05, 4.69) is 67.8 Å². The van der Waals surface area contributed by atoms with Gasteiger partial charge in [-0.25, -0.2) is 0 Å². The number of anilines is 1. The van der Waals surface area contributed by atoms with E-state index in [0.717, 1.165) is 45.1 Å². The highest BCUT2D eigenvalue weighted by Crippen LogP contribution is 2.26. The monoisotopic (exact) mass is 492 g/mol. The van der Waals surface area contributed by atoms with Gasteiger partial charge in [-0.05, 0) is 29.7 Å². The fourth-order valence-corrected chi connectivity index (χ4v) is 3.90. The number of hydrogen-bond acceptors (Lipinski definition) is 3. The third kappa shape index (κ3) is 4.68. The molecule has 2 aliphatic heterocycles. The van der Waals surface area contributed by atoms with Crippen molar-refractivity contribution in [3.63, 3.8) is 0 Å². The average molecular weight is 492 g/mol. The molecule has 6 nitrogen and oxygen atoms in total. The molecule has 28 heavy (non-hydrogen) atoms. The third-order valence-corrected chi connectivity index (χ3v) is 5.47. The number of benzene rings is 1. The molecule has 1 atom stereocenters. The SMILES string of the molecule is CN=C(NCc1ccc(N2CC=CC2)cc1)N1CCC(c2cnn(C)c2)C1.I. The first-order valence-corrected chi connectivity index (χ1v) is 9.66. The van der Waals surface area contributed by atoms with E-state index < -0.39 is 0 Å². The molecule has 7 heteroatoms. The minimum absolute atomic E-state index is 0. The third-order valence-electron chi connectivity index (χ3n) is 5.47. The van der Waals surface area contributed by atoms with E-state index in [-0.39, 0.29) is 24.0 Å². The highest BCUT2D eigenvalue weighted by molar-refractivity contribution is 14.0. The standard InChI is InChI=1S/C21H28N6.HI/c1-22-21(27-12-9-18(16-27)19-14-24-25(2)15-19)23-13-17-5-7-20(8-6-17)26-10-3-4-11-26;/h3-8,14-15,18H,9-13,16H2,1-2H3,(H,22,23);1H. The summed E-state index contributed by atoms with van der Waals surface area (Å²) in [5.41, 5.74) is 3.88. The topological polar surface area (TPSA) is 48.7 Å². The van der Waals surface area contributed by atoms with Crippen LogP contribution in [-0.4, -0.2) is 53.9 Å². The molecule has 3 heterocycles. The van der Waals surface area contributed by atoms with Crippen LogP contribution in [0.25, 0.3) is 0 Å². The summed E-state index contributed by atoms with van der Waals surface area (Å²) in [5, 5.41) is 7.83. The van der Waals surface area contributed by atoms with Crippen molar-refractivity contribution in [3.8, 4) is 0 Å². The number of rotatable bonds is 4. The minimum atomic E-state index is 0. The van der Waals surface area contributed by atoms with Crippen LogP contribution < -0.4 is 10.2 Å². The second-order valence-corrected chi connectivity index (χ2v) is 7.32. The molecule has 1 N–H and O–H groups in total. The molecule has 1 aromatic carbocycles. The number of likely N-dealkylation sites (tertiary alicyclic amines) is 1. The Morgan fingerprint density at radius 1 is 1.21 bits per heavy atom. The molecule has 4 rings (SSSR count). The number of hydrogen-bond donors (Lipinski definition) is 1. The Labute approximate surface area is 184 Å². The lowest BCUT2D eigenvalue weighted by Crippen LogP contribution is -2.39. The van der Waals surface area contributed by atoms with Crippen LogP contribution in [0.15, 0.2) is 53.8 Å². The van der Waals surface area contributed by atoms with E-state index in [1.807, 2.05) is 25.0 Å². The lowest BCUT2D eigenvalue weighted by Gasteiger charge is -2.22. The van der Waals surface area contributed by atoms with E-state index in [1.165, 1.54) is 16.8 Å². The van der Waals surface area contributed by atoms with Crippen LogP contribution in [0.2, 0.25) is 0 Å². The number of aryl methyl sites for hydroxylation is 1. The molecule has 0 radical (unpaired) electrons. The molecule has 0 bridgehead atoms. The van der Waals surface area contributed by atoms with E-state index in [9.17, 15) is 0 Å². The largest absolute Gasteiger partial charge is 0.364 e. The Balaban J connectivity index is 0.00000225. The summed E-state index contributed by atoms with van der Waals surface area (Å²) in [4.78, 5) is 9.20. The molecule has 0 aliphatic carbocycles. The predicted molar refractivity (Wildman–Crippen MR) is 126 cm³/mol. The Morgan fingerprint density at radius 2 is 1.96 bits per heavy atom. The first-order valence-electron chi connectivity index (χ1n) is 9.66. The van der Waals surface area contributed by atoms with Gasteiger partial charge in [0.1, 0.15) is 0 Å². The second-order valence-electron chi connectivity index (χ2n) is 7.32. The van der Waals surface area contributed by atoms with E-state index in [1.54, 1.807) is 0 Å². The van der Waals surface area contributed by atoms with Crippen molar-refractivity contribution in [3.05, 3.63) is 59.9 Å². The quantitative estimate of drug-likeness (QED) is 0.309. The molecule has 2 aromatic rings. The summed E-state index contributed by atoms with van der Waals surface area (Å²) in [6.07, 6.45) is 9.69. The Morgan fingerprint density at radius 3 is 2.61 bits per heavy atom. The van der Waals surface area contributed by atoms with Gasteiger partial charge in [-0.15, -0.1) is 24.0 Å². The van der Waals surface area contributed by atoms with Gasteiger partial charge in [-0.2, -0.15) is 5.10 Å². The number of nitrogens with zero attached hydrogens (tertiary/aromatic N) is 5. The second kappa shape index (κ2) is 9.45. The van der Waals surface area contributed by atoms with Crippen molar-refractivity contribution >= 4 is 35.6 Å². The first kappa shape index (κ1) is 20.7. The molecule has 150 valence electrons. The van der Waals surface area contributed by atoms with Gasteiger partial charge < -0.3 is 15.1 Å². The van der Waals surface area contributed by atoms with Gasteiger partial charge in [0, 0.05) is 64.6 Å². The summed E-state index contributed by atoms with van der Waals surface area (Å²) in [6.45, 7) is 4.83. The zero-order chi connectivity index (χ0) is 18.6. The lowest BCUT2D eigenvalue weighted by atomic mass is 10.0. The molecule has 0 saturated carbocycles. The maximum absolute atomic E-state index is 4.49. The highest BCUT2D eigenvalue weighted by Gasteiger charge is 2.26. The van der Waals surface area contributed by atoms with Crippen molar-refractivity contribution in [2.45, 2.75) is 18.9 Å². The normalized spacial score (nSPS) is 19.2. The summed E-state index contributed by atoms with van der Waals surface area (Å²) in [5.74, 6) is 1.51. The number of aliphatic imine (C=N–C) groups is 1. The van der Waals surface area contributed by atoms with Gasteiger partial charge in [0.05, 0.1) is 6.20 Å². The summed E-state index contributed by atoms with van der Waals surface area (Å²) in [6, 6.07) is 8.83. The molecule has 1 aromatic heterocycles. The van der Waals surface area contributed by atoms with Crippen molar-refractivity contribution in [1.29, 1.82) is 0 Å². The highest BCUT2D eigenvalue weighted by atomic mass is 127. The zero-order valence-corrected chi connectivity index (χ0v) is 18.9. The summed E-state index contributed by atoms with van der Waals surface area (Å²) in [7, 11) is 3.84. The Kier molecular flexibility index (Phi) is 6.98. The van der Waals surface area contributed by atoms with Crippen LogP contribution in [0.4, 0.5) is 5.69 Å². The van der Waals surface area contributed by atoms with Crippen LogP contribution in [0.5, 0.6) is 0 Å². The first-order chi connectivity index (χ1) is 13.2. The fraction of sp³-hybridized carbons (Fsp3) is 0.429. The molecule has 2 aliphatic rings. The van der Waals surface area contributed by atoms with Crippen LogP contribution in [0.3, 0.4) is 0 Å². The van der Waals surface area contributed by atoms with Crippen LogP contribution in [-0.2, 0) is 13.6 Å². The van der Waals surface area contributed by atoms with E-state index in [0.29, 0.717) is 5.92 Å². The predicted octanol–water partition coefficient (Wildman–Crippen LogP) is 2.98. The van der Waals surface area contributed by atoms with E-state index >= 15 is 0 Å². The summed E-state index contributed by atoms with van der Waals surface area (Å²) >= 11 is 0. The minimum Gasteiger partial charge on any atom is -0.364 e. The van der Waals surface area contributed by atoms with Gasteiger partial charge >= 0.3 is 0 Å². The van der Waals surface area contributed by atoms with Crippen LogP contribution >= 0.6 is 24.0 Å². The number of nitrogens with one attached hydrogen (secondary N) is 1. The van der Waals surface area contributed by atoms with Gasteiger partial charge in [0.25, 0.3) is 0 Å². The fourth-order valence-electron chi connectivity index (χ4n) is 3.90. The van der Waals surface area contributed by atoms with Gasteiger partial charge in [0.2, 0.25) is 0 Å². The van der Waals surface area contributed by atoms with Crippen molar-refractivity contribution < 1.29 is 0 Å². The number of aromatic nitrogens is 2. The maximum atomic E-state index is 4.49. The molecule has 0 amide bonds. The Hall–Kier alpha value is -2.03. The molecule has 1 fully saturated rings. The Bertz CT molecular complexity index is 818. The van der Waals surface area contributed by atoms with Gasteiger partial charge in [0.15, 0.2) is 5.96 Å². The van der Waals surface area contributed by atoms with Crippen LogP contribution in [0, 0.1) is 0 Å². The number of guanidine groups is 1. The van der Waals surface area contributed by atoms with Crippen molar-refractivity contribution in [1.82, 2.24) is 20.0 Å². The van der Waals surface area contributed by atoms with Crippen molar-refractivity contribution in [2.75, 3.05) is 38.1 Å². The zero-order valence-electron chi connectivity index (χ0n) is 16.6. The average Bonchev–Trinajstić information content (AvgIpc) is 3.44. The molecule has 1 unspecified atom stereocenters. The molecule has 0 spiro atoms. The van der Waals surface area contributed by atoms with Crippen LogP contribution in [0.1, 0.15) is 23.5 Å². The summed E-state index contributed by atoms with van der Waals surface area (Å²) < 4.78 is 1.88. The van der Waals surface area contributed by atoms with E-state index in [4.69, 9.17) is 0 Å². The molecule has 1 saturated heterocycles.